The van der Waals surface area contributed by atoms with Crippen LogP contribution in [0.5, 0.6) is 0 Å². The number of nitrogens with zero attached hydrogens (tertiary/aromatic N) is 3. The Bertz CT molecular complexity index is 1440. The van der Waals surface area contributed by atoms with Crippen molar-refractivity contribution in [3.05, 3.63) is 70.9 Å². The second kappa shape index (κ2) is 12.2. The lowest BCUT2D eigenvalue weighted by Crippen LogP contribution is -2.24. The molecular weight excluding hydrogens is 562 g/mol. The van der Waals surface area contributed by atoms with Gasteiger partial charge in [-0.2, -0.15) is 18.2 Å². The summed E-state index contributed by atoms with van der Waals surface area (Å²) in [5.41, 5.74) is 0.825. The predicted molar refractivity (Wildman–Crippen MR) is 147 cm³/mol. The Balaban J connectivity index is 1.66. The first-order chi connectivity index (χ1) is 19.2. The highest BCUT2D eigenvalue weighted by Gasteiger charge is 2.36. The summed E-state index contributed by atoms with van der Waals surface area (Å²) >= 11 is 0. The minimum absolute atomic E-state index is 0.120. The van der Waals surface area contributed by atoms with Crippen molar-refractivity contribution in [1.82, 2.24) is 14.9 Å². The molecule has 1 aromatic heterocycles. The molecule has 0 radical (unpaired) electrons. The molecule has 220 valence electrons. The van der Waals surface area contributed by atoms with Crippen LogP contribution >= 0.6 is 7.60 Å². The molecule has 41 heavy (non-hydrogen) atoms. The van der Waals surface area contributed by atoms with Gasteiger partial charge in [-0.1, -0.05) is 18.2 Å². The van der Waals surface area contributed by atoms with Crippen molar-refractivity contribution in [1.29, 1.82) is 0 Å². The predicted octanol–water partition coefficient (Wildman–Crippen LogP) is 5.38. The molecule has 1 fully saturated rings. The van der Waals surface area contributed by atoms with Crippen molar-refractivity contribution < 1.29 is 37.4 Å². The highest BCUT2D eigenvalue weighted by Crippen LogP contribution is 2.40. The van der Waals surface area contributed by atoms with Crippen LogP contribution in [0.15, 0.2) is 48.7 Å². The molecule has 0 bridgehead atoms. The highest BCUT2D eigenvalue weighted by molar-refractivity contribution is 7.50. The van der Waals surface area contributed by atoms with E-state index >= 15 is 0 Å². The van der Waals surface area contributed by atoms with Gasteiger partial charge in [0.05, 0.1) is 23.5 Å². The first-order valence-corrected chi connectivity index (χ1v) is 14.6. The number of aliphatic hydroxyl groups excluding tert-OH is 1. The van der Waals surface area contributed by atoms with E-state index in [9.17, 15) is 27.6 Å². The summed E-state index contributed by atoms with van der Waals surface area (Å²) in [6.45, 7) is 0. The van der Waals surface area contributed by atoms with Crippen molar-refractivity contribution in [2.45, 2.75) is 50.0 Å². The molecule has 2 aromatic carbocycles. The number of halogens is 3. The maximum absolute atomic E-state index is 13.9. The fraction of sp³-hybridized carbons (Fsp3) is 0.370. The van der Waals surface area contributed by atoms with Crippen LogP contribution in [-0.4, -0.2) is 55.9 Å². The standard InChI is InChI=1S/C27H31F3N5O5P/c1-35(2)25(37)21-13-18(17-5-10-20(36)11-6-17)7-12-23(21)33-24-22(27(28,29)30)14-31-26(34-24)32-19-8-3-16(4-9-19)15-41(38,39)40/h3-4,7-9,12-14,17,20,36H,5-6,10-11,15H2,1-2H3,(H2,38,39,40)(H2,31,32,33,34)/t17-,20-. The number of alkyl halides is 3. The lowest BCUT2D eigenvalue weighted by molar-refractivity contribution is -0.137. The molecular formula is C27H31F3N5O5P. The smallest absolute Gasteiger partial charge is 0.393 e. The van der Waals surface area contributed by atoms with Gasteiger partial charge >= 0.3 is 13.8 Å². The second-order valence-electron chi connectivity index (χ2n) is 10.2. The van der Waals surface area contributed by atoms with E-state index in [4.69, 9.17) is 9.79 Å². The lowest BCUT2D eigenvalue weighted by Gasteiger charge is -2.27. The van der Waals surface area contributed by atoms with Gasteiger partial charge in [-0.05, 0) is 67.0 Å². The van der Waals surface area contributed by atoms with Gasteiger partial charge in [-0.3, -0.25) is 9.36 Å². The molecule has 0 spiro atoms. The molecule has 3 aromatic rings. The number of carbonyl (C=O) groups is 1. The number of aliphatic hydroxyl groups is 1. The van der Waals surface area contributed by atoms with Crippen LogP contribution in [0.25, 0.3) is 0 Å². The fourth-order valence-corrected chi connectivity index (χ4v) is 5.37. The minimum atomic E-state index is -4.79. The van der Waals surface area contributed by atoms with Crippen molar-refractivity contribution in [3.63, 3.8) is 0 Å². The molecule has 5 N–H and O–H groups in total. The van der Waals surface area contributed by atoms with E-state index in [0.29, 0.717) is 30.3 Å². The Labute approximate surface area is 234 Å². The Morgan fingerprint density at radius 1 is 1.05 bits per heavy atom. The summed E-state index contributed by atoms with van der Waals surface area (Å²) in [6, 6.07) is 10.9. The Morgan fingerprint density at radius 3 is 2.29 bits per heavy atom. The zero-order valence-electron chi connectivity index (χ0n) is 22.4. The molecule has 0 saturated heterocycles. The van der Waals surface area contributed by atoms with Gasteiger partial charge in [0.25, 0.3) is 5.91 Å². The molecule has 1 amide bonds. The largest absolute Gasteiger partial charge is 0.421 e. The zero-order valence-corrected chi connectivity index (χ0v) is 23.3. The number of hydrogen-bond donors (Lipinski definition) is 5. The molecule has 1 aliphatic carbocycles. The van der Waals surface area contributed by atoms with Gasteiger partial charge in [0.2, 0.25) is 5.95 Å². The number of nitrogens with one attached hydrogen (secondary N) is 2. The normalized spacial score (nSPS) is 17.7. The summed E-state index contributed by atoms with van der Waals surface area (Å²) < 4.78 is 53.0. The third-order valence-electron chi connectivity index (χ3n) is 6.79. The lowest BCUT2D eigenvalue weighted by atomic mass is 9.82. The van der Waals surface area contributed by atoms with Gasteiger partial charge in [0.1, 0.15) is 11.4 Å². The van der Waals surface area contributed by atoms with Gasteiger partial charge in [0.15, 0.2) is 0 Å². The summed E-state index contributed by atoms with van der Waals surface area (Å²) in [4.78, 5) is 40.5. The molecule has 1 aliphatic rings. The number of benzene rings is 2. The molecule has 4 rings (SSSR count). The van der Waals surface area contributed by atoms with Gasteiger partial charge in [-0.25, -0.2) is 4.98 Å². The van der Waals surface area contributed by atoms with Crippen LogP contribution in [0.4, 0.5) is 36.3 Å². The van der Waals surface area contributed by atoms with E-state index in [1.807, 2.05) is 0 Å². The number of carbonyl (C=O) groups excluding carboxylic acids is 1. The third-order valence-corrected chi connectivity index (χ3v) is 7.57. The van der Waals surface area contributed by atoms with Crippen molar-refractivity contribution >= 4 is 36.6 Å². The molecule has 10 nitrogen and oxygen atoms in total. The van der Waals surface area contributed by atoms with Crippen LogP contribution in [0.2, 0.25) is 0 Å². The number of rotatable bonds is 8. The van der Waals surface area contributed by atoms with Crippen LogP contribution in [0.1, 0.15) is 58.6 Å². The van der Waals surface area contributed by atoms with E-state index < -0.39 is 37.2 Å². The fourth-order valence-electron chi connectivity index (χ4n) is 4.68. The highest BCUT2D eigenvalue weighted by atomic mass is 31.2. The molecule has 1 saturated carbocycles. The minimum Gasteiger partial charge on any atom is -0.393 e. The van der Waals surface area contributed by atoms with Gasteiger partial charge in [0, 0.05) is 26.0 Å². The zero-order chi connectivity index (χ0) is 29.9. The second-order valence-corrected chi connectivity index (χ2v) is 11.9. The molecule has 0 aliphatic heterocycles. The first-order valence-electron chi connectivity index (χ1n) is 12.8. The maximum Gasteiger partial charge on any atom is 0.421 e. The molecule has 0 unspecified atom stereocenters. The third kappa shape index (κ3) is 8.04. The quantitative estimate of drug-likeness (QED) is 0.217. The summed E-state index contributed by atoms with van der Waals surface area (Å²) in [5, 5.41) is 15.3. The number of hydrogen-bond acceptors (Lipinski definition) is 7. The maximum atomic E-state index is 13.9. The van der Waals surface area contributed by atoms with Crippen LogP contribution < -0.4 is 10.6 Å². The van der Waals surface area contributed by atoms with E-state index in [1.54, 1.807) is 32.3 Å². The van der Waals surface area contributed by atoms with Crippen molar-refractivity contribution in [2.75, 3.05) is 24.7 Å². The topological polar surface area (TPSA) is 148 Å². The van der Waals surface area contributed by atoms with E-state index in [1.165, 1.54) is 29.2 Å². The number of anilines is 4. The Morgan fingerprint density at radius 2 is 1.71 bits per heavy atom. The van der Waals surface area contributed by atoms with Crippen molar-refractivity contribution in [2.24, 2.45) is 0 Å². The molecule has 1 heterocycles. The Kier molecular flexibility index (Phi) is 9.03. The Hall–Kier alpha value is -3.51. The first kappa shape index (κ1) is 30.4. The average molecular weight is 594 g/mol. The monoisotopic (exact) mass is 593 g/mol. The summed E-state index contributed by atoms with van der Waals surface area (Å²) in [6.07, 6.45) is -2.21. The molecule has 14 heteroatoms. The van der Waals surface area contributed by atoms with E-state index in [0.717, 1.165) is 18.4 Å². The number of amides is 1. The van der Waals surface area contributed by atoms with E-state index in [2.05, 4.69) is 20.6 Å². The molecule has 0 atom stereocenters. The van der Waals surface area contributed by atoms with E-state index in [-0.39, 0.29) is 29.2 Å². The SMILES string of the molecule is CN(C)C(=O)c1cc([C@H]2CC[C@H](O)CC2)ccc1Nc1nc(Nc2ccc(CP(=O)(O)O)cc2)ncc1C(F)(F)F. The average Bonchev–Trinajstić information content (AvgIpc) is 2.89. The van der Waals surface area contributed by atoms with Gasteiger partial charge in [-0.15, -0.1) is 0 Å². The van der Waals surface area contributed by atoms with Crippen LogP contribution in [0, 0.1) is 0 Å². The van der Waals surface area contributed by atoms with Gasteiger partial charge < -0.3 is 30.4 Å². The number of aromatic nitrogens is 2. The van der Waals surface area contributed by atoms with Crippen LogP contribution in [-0.2, 0) is 16.9 Å². The summed E-state index contributed by atoms with van der Waals surface area (Å²) in [5.74, 6) is -1.01. The van der Waals surface area contributed by atoms with Crippen LogP contribution in [0.3, 0.4) is 0 Å². The summed E-state index contributed by atoms with van der Waals surface area (Å²) in [7, 11) is -1.16. The van der Waals surface area contributed by atoms with Crippen molar-refractivity contribution in [3.8, 4) is 0 Å².